The summed E-state index contributed by atoms with van der Waals surface area (Å²) in [6.45, 7) is 1.65. The summed E-state index contributed by atoms with van der Waals surface area (Å²) in [6.07, 6.45) is 7.22. The summed E-state index contributed by atoms with van der Waals surface area (Å²) in [4.78, 5) is 36.0. The molecule has 2 unspecified atom stereocenters. The molecule has 2 rings (SSSR count). The average molecular weight is 381 g/mol. The molecular formula is C19H28N2O4S. The third kappa shape index (κ3) is 6.78. The van der Waals surface area contributed by atoms with Crippen molar-refractivity contribution < 1.29 is 19.5 Å². The van der Waals surface area contributed by atoms with E-state index < -0.39 is 12.0 Å². The molecule has 0 spiro atoms. The molecule has 2 amide bonds. The zero-order chi connectivity index (χ0) is 18.9. The minimum Gasteiger partial charge on any atom is -0.481 e. The SMILES string of the molecule is CC(NC(=O)c1cccs1)C(=O)NC(CCC(=O)O)CC1CCCCC1. The molecule has 0 bridgehead atoms. The van der Waals surface area contributed by atoms with Crippen molar-refractivity contribution in [3.8, 4) is 0 Å². The van der Waals surface area contributed by atoms with E-state index in [2.05, 4.69) is 10.6 Å². The van der Waals surface area contributed by atoms with E-state index in [1.54, 1.807) is 19.1 Å². The van der Waals surface area contributed by atoms with Crippen LogP contribution >= 0.6 is 11.3 Å². The van der Waals surface area contributed by atoms with Crippen LogP contribution in [-0.4, -0.2) is 35.0 Å². The Balaban J connectivity index is 1.88. The van der Waals surface area contributed by atoms with Gasteiger partial charge in [0.2, 0.25) is 5.91 Å². The molecule has 26 heavy (non-hydrogen) atoms. The first kappa shape index (κ1) is 20.4. The van der Waals surface area contributed by atoms with Gasteiger partial charge in [0.15, 0.2) is 0 Å². The molecule has 6 nitrogen and oxygen atoms in total. The van der Waals surface area contributed by atoms with E-state index in [4.69, 9.17) is 5.11 Å². The smallest absolute Gasteiger partial charge is 0.303 e. The molecule has 0 saturated heterocycles. The molecule has 0 aliphatic heterocycles. The Hall–Kier alpha value is -1.89. The summed E-state index contributed by atoms with van der Waals surface area (Å²) in [5, 5.41) is 16.4. The van der Waals surface area contributed by atoms with E-state index in [1.165, 1.54) is 30.6 Å². The van der Waals surface area contributed by atoms with Gasteiger partial charge in [-0.1, -0.05) is 38.2 Å². The fourth-order valence-corrected chi connectivity index (χ4v) is 4.07. The van der Waals surface area contributed by atoms with Gasteiger partial charge in [-0.15, -0.1) is 11.3 Å². The lowest BCUT2D eigenvalue weighted by Gasteiger charge is -2.28. The Morgan fingerprint density at radius 1 is 1.23 bits per heavy atom. The van der Waals surface area contributed by atoms with Gasteiger partial charge in [0.05, 0.1) is 4.88 Å². The van der Waals surface area contributed by atoms with Gasteiger partial charge in [0.25, 0.3) is 5.91 Å². The van der Waals surface area contributed by atoms with E-state index in [0.717, 1.165) is 19.3 Å². The Labute approximate surface area is 158 Å². The first-order valence-electron chi connectivity index (χ1n) is 9.32. The molecular weight excluding hydrogens is 352 g/mol. The topological polar surface area (TPSA) is 95.5 Å². The highest BCUT2D eigenvalue weighted by molar-refractivity contribution is 7.12. The van der Waals surface area contributed by atoms with Crippen LogP contribution in [0, 0.1) is 5.92 Å². The number of rotatable bonds is 9. The summed E-state index contributed by atoms with van der Waals surface area (Å²) in [7, 11) is 0. The van der Waals surface area contributed by atoms with Gasteiger partial charge in [-0.05, 0) is 37.1 Å². The monoisotopic (exact) mass is 380 g/mol. The van der Waals surface area contributed by atoms with Gasteiger partial charge in [-0.3, -0.25) is 14.4 Å². The number of nitrogens with one attached hydrogen (secondary N) is 2. The van der Waals surface area contributed by atoms with E-state index >= 15 is 0 Å². The van der Waals surface area contributed by atoms with Gasteiger partial charge in [-0.2, -0.15) is 0 Å². The lowest BCUT2D eigenvalue weighted by molar-refractivity contribution is -0.137. The minimum absolute atomic E-state index is 0.0353. The molecule has 1 saturated carbocycles. The highest BCUT2D eigenvalue weighted by Gasteiger charge is 2.24. The number of carboxylic acids is 1. The third-order valence-corrected chi connectivity index (χ3v) is 5.75. The number of amides is 2. The van der Waals surface area contributed by atoms with Crippen molar-refractivity contribution in [2.75, 3.05) is 0 Å². The summed E-state index contributed by atoms with van der Waals surface area (Å²) >= 11 is 1.32. The maximum Gasteiger partial charge on any atom is 0.303 e. The van der Waals surface area contributed by atoms with Crippen molar-refractivity contribution in [3.05, 3.63) is 22.4 Å². The van der Waals surface area contributed by atoms with Gasteiger partial charge in [-0.25, -0.2) is 0 Å². The minimum atomic E-state index is -0.855. The summed E-state index contributed by atoms with van der Waals surface area (Å²) in [5.74, 6) is -0.844. The molecule has 144 valence electrons. The number of hydrogen-bond donors (Lipinski definition) is 3. The maximum absolute atomic E-state index is 12.5. The number of carboxylic acid groups (broad SMARTS) is 1. The number of aliphatic carboxylic acids is 1. The molecule has 1 fully saturated rings. The second-order valence-electron chi connectivity index (χ2n) is 7.05. The van der Waals surface area contributed by atoms with E-state index in [1.807, 2.05) is 5.38 Å². The van der Waals surface area contributed by atoms with Crippen molar-refractivity contribution in [1.29, 1.82) is 0 Å². The second kappa shape index (κ2) is 10.3. The van der Waals surface area contributed by atoms with Crippen LogP contribution in [0.1, 0.15) is 68.0 Å². The third-order valence-electron chi connectivity index (χ3n) is 4.88. The summed E-state index contributed by atoms with van der Waals surface area (Å²) in [6, 6.07) is 2.67. The van der Waals surface area contributed by atoms with Crippen LogP contribution in [0.15, 0.2) is 17.5 Å². The predicted molar refractivity (Wildman–Crippen MR) is 101 cm³/mol. The fraction of sp³-hybridized carbons (Fsp3) is 0.632. The lowest BCUT2D eigenvalue weighted by atomic mass is 9.84. The highest BCUT2D eigenvalue weighted by atomic mass is 32.1. The molecule has 1 aromatic rings. The van der Waals surface area contributed by atoms with Crippen LogP contribution in [0.4, 0.5) is 0 Å². The Morgan fingerprint density at radius 2 is 1.96 bits per heavy atom. The quantitative estimate of drug-likeness (QED) is 0.613. The molecule has 7 heteroatoms. The van der Waals surface area contributed by atoms with Crippen LogP contribution in [0.25, 0.3) is 0 Å². The first-order valence-corrected chi connectivity index (χ1v) is 10.2. The van der Waals surface area contributed by atoms with Crippen LogP contribution in [0.5, 0.6) is 0 Å². The van der Waals surface area contributed by atoms with Crippen LogP contribution in [0.2, 0.25) is 0 Å². The molecule has 1 aromatic heterocycles. The second-order valence-corrected chi connectivity index (χ2v) is 8.00. The normalized spacial score (nSPS) is 17.3. The molecule has 0 radical (unpaired) electrons. The summed E-state index contributed by atoms with van der Waals surface area (Å²) in [5.41, 5.74) is 0. The van der Waals surface area contributed by atoms with Crippen molar-refractivity contribution in [1.82, 2.24) is 10.6 Å². The molecule has 0 aromatic carbocycles. The van der Waals surface area contributed by atoms with E-state index in [0.29, 0.717) is 17.2 Å². The van der Waals surface area contributed by atoms with Gasteiger partial charge < -0.3 is 15.7 Å². The van der Waals surface area contributed by atoms with Crippen molar-refractivity contribution in [2.24, 2.45) is 5.92 Å². The molecule has 3 N–H and O–H groups in total. The zero-order valence-electron chi connectivity index (χ0n) is 15.2. The number of carbonyl (C=O) groups is 3. The molecule has 1 aliphatic rings. The van der Waals surface area contributed by atoms with Crippen LogP contribution in [-0.2, 0) is 9.59 Å². The number of carbonyl (C=O) groups excluding carboxylic acids is 2. The fourth-order valence-electron chi connectivity index (χ4n) is 3.44. The Bertz CT molecular complexity index is 597. The van der Waals surface area contributed by atoms with Gasteiger partial charge in [0, 0.05) is 12.5 Å². The average Bonchev–Trinajstić information content (AvgIpc) is 3.15. The first-order chi connectivity index (χ1) is 12.5. The van der Waals surface area contributed by atoms with E-state index in [9.17, 15) is 14.4 Å². The zero-order valence-corrected chi connectivity index (χ0v) is 16.0. The van der Waals surface area contributed by atoms with Gasteiger partial charge in [0.1, 0.15) is 6.04 Å². The molecule has 2 atom stereocenters. The molecule has 1 aliphatic carbocycles. The van der Waals surface area contributed by atoms with Crippen molar-refractivity contribution >= 4 is 29.1 Å². The highest BCUT2D eigenvalue weighted by Crippen LogP contribution is 2.28. The standard InChI is InChI=1S/C19H28N2O4S/c1-13(20-19(25)16-8-5-11-26-16)18(24)21-15(9-10-17(22)23)12-14-6-3-2-4-7-14/h5,8,11,13-15H,2-4,6-7,9-10,12H2,1H3,(H,20,25)(H,21,24)(H,22,23). The molecule has 1 heterocycles. The van der Waals surface area contributed by atoms with Gasteiger partial charge >= 0.3 is 5.97 Å². The maximum atomic E-state index is 12.5. The predicted octanol–water partition coefficient (Wildman–Crippen LogP) is 3.19. The van der Waals surface area contributed by atoms with Crippen LogP contribution in [0.3, 0.4) is 0 Å². The van der Waals surface area contributed by atoms with Crippen LogP contribution < -0.4 is 10.6 Å². The summed E-state index contributed by atoms with van der Waals surface area (Å²) < 4.78 is 0. The van der Waals surface area contributed by atoms with Crippen molar-refractivity contribution in [2.45, 2.75) is 70.4 Å². The number of hydrogen-bond acceptors (Lipinski definition) is 4. The Morgan fingerprint density at radius 3 is 2.58 bits per heavy atom. The van der Waals surface area contributed by atoms with Crippen molar-refractivity contribution in [3.63, 3.8) is 0 Å². The van der Waals surface area contributed by atoms with E-state index in [-0.39, 0.29) is 24.3 Å². The Kier molecular flexibility index (Phi) is 8.09. The lowest BCUT2D eigenvalue weighted by Crippen LogP contribution is -2.48. The largest absolute Gasteiger partial charge is 0.481 e. The number of thiophene rings is 1.